The molecule has 30 heavy (non-hydrogen) atoms. The van der Waals surface area contributed by atoms with E-state index in [4.69, 9.17) is 0 Å². The van der Waals surface area contributed by atoms with E-state index in [2.05, 4.69) is 9.44 Å². The highest BCUT2D eigenvalue weighted by atomic mass is 32.2. The fourth-order valence-corrected chi connectivity index (χ4v) is 5.68. The second-order valence-electron chi connectivity index (χ2n) is 7.24. The number of rotatable bonds is 6. The lowest BCUT2D eigenvalue weighted by atomic mass is 9.92. The van der Waals surface area contributed by atoms with Crippen LogP contribution in [0.5, 0.6) is 0 Å². The van der Waals surface area contributed by atoms with Crippen molar-refractivity contribution in [3.05, 3.63) is 83.9 Å². The molecule has 0 bridgehead atoms. The Balaban J connectivity index is 1.51. The normalized spacial score (nSPS) is 14.0. The smallest absolute Gasteiger partial charge is 0.261 e. The van der Waals surface area contributed by atoms with Crippen LogP contribution in [0.2, 0.25) is 0 Å². The van der Waals surface area contributed by atoms with Crippen LogP contribution in [0.4, 0.5) is 11.4 Å². The minimum atomic E-state index is -3.76. The number of para-hydroxylation sites is 1. The highest BCUT2D eigenvalue weighted by Gasteiger charge is 2.19. The van der Waals surface area contributed by atoms with Crippen molar-refractivity contribution in [3.63, 3.8) is 0 Å². The first-order valence-electron chi connectivity index (χ1n) is 9.66. The van der Waals surface area contributed by atoms with Crippen molar-refractivity contribution in [2.45, 2.75) is 35.5 Å². The van der Waals surface area contributed by atoms with E-state index in [9.17, 15) is 16.8 Å². The second kappa shape index (κ2) is 8.12. The number of benzene rings is 3. The summed E-state index contributed by atoms with van der Waals surface area (Å²) < 4.78 is 55.6. The largest absolute Gasteiger partial charge is 0.280 e. The van der Waals surface area contributed by atoms with Crippen LogP contribution >= 0.6 is 0 Å². The molecule has 0 amide bonds. The van der Waals surface area contributed by atoms with Gasteiger partial charge < -0.3 is 0 Å². The molecule has 4 rings (SSSR count). The Hall–Kier alpha value is -2.84. The lowest BCUT2D eigenvalue weighted by Crippen LogP contribution is -2.15. The summed E-state index contributed by atoms with van der Waals surface area (Å²) in [5, 5.41) is 0. The lowest BCUT2D eigenvalue weighted by molar-refractivity contribution is 0.599. The Bertz CT molecular complexity index is 1250. The predicted molar refractivity (Wildman–Crippen MR) is 118 cm³/mol. The Labute approximate surface area is 177 Å². The number of hydrogen-bond donors (Lipinski definition) is 2. The summed E-state index contributed by atoms with van der Waals surface area (Å²) in [6.07, 6.45) is 4.07. The molecule has 0 fully saturated rings. The van der Waals surface area contributed by atoms with Gasteiger partial charge in [-0.25, -0.2) is 16.8 Å². The van der Waals surface area contributed by atoms with Gasteiger partial charge in [0.15, 0.2) is 0 Å². The predicted octanol–water partition coefficient (Wildman–Crippen LogP) is 4.17. The maximum atomic E-state index is 12.8. The molecular formula is C22H22N2O4S2. The third-order valence-electron chi connectivity index (χ3n) is 5.07. The summed E-state index contributed by atoms with van der Waals surface area (Å²) in [5.41, 5.74) is 3.04. The number of aryl methyl sites for hydroxylation is 2. The van der Waals surface area contributed by atoms with Crippen molar-refractivity contribution in [1.29, 1.82) is 0 Å². The summed E-state index contributed by atoms with van der Waals surface area (Å²) in [4.78, 5) is 0.258. The summed E-state index contributed by atoms with van der Waals surface area (Å²) in [6, 6.07) is 19.4. The Morgan fingerprint density at radius 2 is 1.10 bits per heavy atom. The van der Waals surface area contributed by atoms with Crippen molar-refractivity contribution < 1.29 is 16.8 Å². The van der Waals surface area contributed by atoms with Crippen LogP contribution in [0.1, 0.15) is 24.0 Å². The van der Waals surface area contributed by atoms with E-state index in [-0.39, 0.29) is 9.79 Å². The van der Waals surface area contributed by atoms with Crippen LogP contribution < -0.4 is 9.44 Å². The molecule has 0 atom stereocenters. The molecule has 1 aliphatic rings. The molecule has 1 aliphatic carbocycles. The Kier molecular flexibility index (Phi) is 5.53. The van der Waals surface area contributed by atoms with Crippen molar-refractivity contribution in [1.82, 2.24) is 0 Å². The van der Waals surface area contributed by atoms with E-state index in [0.717, 1.165) is 31.2 Å². The van der Waals surface area contributed by atoms with Crippen LogP contribution in [0.15, 0.2) is 82.6 Å². The zero-order valence-electron chi connectivity index (χ0n) is 16.2. The van der Waals surface area contributed by atoms with Gasteiger partial charge in [-0.05, 0) is 85.3 Å². The number of sulfonamides is 2. The van der Waals surface area contributed by atoms with Gasteiger partial charge in [0.2, 0.25) is 0 Å². The zero-order chi connectivity index (χ0) is 21.2. The zero-order valence-corrected chi connectivity index (χ0v) is 17.8. The molecule has 0 unspecified atom stereocenters. The van der Waals surface area contributed by atoms with Gasteiger partial charge in [-0.3, -0.25) is 9.44 Å². The van der Waals surface area contributed by atoms with Gasteiger partial charge in [0, 0.05) is 11.4 Å². The summed E-state index contributed by atoms with van der Waals surface area (Å²) in [6.45, 7) is 0. The SMILES string of the molecule is O=S(=O)(Nc1ccccc1)c1ccc(NS(=O)(=O)c2ccc3c(c2)CCCC3)cc1. The van der Waals surface area contributed by atoms with Crippen molar-refractivity contribution in [3.8, 4) is 0 Å². The number of nitrogens with one attached hydrogen (secondary N) is 2. The summed E-state index contributed by atoms with van der Waals surface area (Å²) in [7, 11) is -7.52. The maximum absolute atomic E-state index is 12.8. The molecule has 0 radical (unpaired) electrons. The highest BCUT2D eigenvalue weighted by Crippen LogP contribution is 2.26. The van der Waals surface area contributed by atoms with Gasteiger partial charge in [0.05, 0.1) is 9.79 Å². The Morgan fingerprint density at radius 3 is 1.77 bits per heavy atom. The third-order valence-corrected chi connectivity index (χ3v) is 7.85. The molecule has 0 saturated heterocycles. The van der Waals surface area contributed by atoms with E-state index < -0.39 is 20.0 Å². The number of anilines is 2. The first-order chi connectivity index (χ1) is 14.3. The highest BCUT2D eigenvalue weighted by molar-refractivity contribution is 7.93. The van der Waals surface area contributed by atoms with Gasteiger partial charge in [-0.2, -0.15) is 0 Å². The summed E-state index contributed by atoms with van der Waals surface area (Å²) in [5.74, 6) is 0. The van der Waals surface area contributed by atoms with Gasteiger partial charge in [0.1, 0.15) is 0 Å². The van der Waals surface area contributed by atoms with E-state index in [1.165, 1.54) is 29.8 Å². The molecule has 0 aromatic heterocycles. The monoisotopic (exact) mass is 442 g/mol. The van der Waals surface area contributed by atoms with Crippen molar-refractivity contribution >= 4 is 31.4 Å². The standard InChI is InChI=1S/C22H22N2O4S2/c25-29(26,23-19-8-2-1-3-9-19)21-14-11-20(12-15-21)24-30(27,28)22-13-10-17-6-4-5-7-18(17)16-22/h1-3,8-16,23-24H,4-7H2. The van der Waals surface area contributed by atoms with Gasteiger partial charge in [-0.15, -0.1) is 0 Å². The van der Waals surface area contributed by atoms with Gasteiger partial charge in [0.25, 0.3) is 20.0 Å². The molecule has 3 aromatic carbocycles. The molecule has 3 aromatic rings. The molecule has 0 aliphatic heterocycles. The van der Waals surface area contributed by atoms with Crippen LogP contribution in [0, 0.1) is 0 Å². The minimum Gasteiger partial charge on any atom is -0.280 e. The fourth-order valence-electron chi connectivity index (χ4n) is 3.51. The third kappa shape index (κ3) is 4.49. The molecule has 0 saturated carbocycles. The molecule has 8 heteroatoms. The quantitative estimate of drug-likeness (QED) is 0.599. The van der Waals surface area contributed by atoms with Crippen molar-refractivity contribution in [2.24, 2.45) is 0 Å². The van der Waals surface area contributed by atoms with Gasteiger partial charge >= 0.3 is 0 Å². The molecule has 6 nitrogen and oxygen atoms in total. The topological polar surface area (TPSA) is 92.3 Å². The number of hydrogen-bond acceptors (Lipinski definition) is 4. The average Bonchev–Trinajstić information content (AvgIpc) is 2.74. The van der Waals surface area contributed by atoms with E-state index in [1.54, 1.807) is 42.5 Å². The molecular weight excluding hydrogens is 420 g/mol. The lowest BCUT2D eigenvalue weighted by Gasteiger charge is -2.17. The average molecular weight is 443 g/mol. The van der Waals surface area contributed by atoms with Gasteiger partial charge in [-0.1, -0.05) is 24.3 Å². The van der Waals surface area contributed by atoms with E-state index in [0.29, 0.717) is 11.4 Å². The summed E-state index contributed by atoms with van der Waals surface area (Å²) >= 11 is 0. The number of fused-ring (bicyclic) bond motifs is 1. The molecule has 2 N–H and O–H groups in total. The minimum absolute atomic E-state index is 0.0445. The fraction of sp³-hybridized carbons (Fsp3) is 0.182. The van der Waals surface area contributed by atoms with Crippen LogP contribution in [-0.4, -0.2) is 16.8 Å². The van der Waals surface area contributed by atoms with E-state index >= 15 is 0 Å². The maximum Gasteiger partial charge on any atom is 0.261 e. The molecule has 156 valence electrons. The first-order valence-corrected chi connectivity index (χ1v) is 12.6. The second-order valence-corrected chi connectivity index (χ2v) is 10.6. The van der Waals surface area contributed by atoms with Crippen LogP contribution in [-0.2, 0) is 32.9 Å². The van der Waals surface area contributed by atoms with Crippen LogP contribution in [0.25, 0.3) is 0 Å². The van der Waals surface area contributed by atoms with Crippen LogP contribution in [0.3, 0.4) is 0 Å². The molecule has 0 heterocycles. The van der Waals surface area contributed by atoms with E-state index in [1.807, 2.05) is 6.07 Å². The first kappa shape index (κ1) is 20.4. The molecule has 0 spiro atoms. The van der Waals surface area contributed by atoms with Crippen molar-refractivity contribution in [2.75, 3.05) is 9.44 Å². The Morgan fingerprint density at radius 1 is 0.567 bits per heavy atom.